The molecule has 0 atom stereocenters. The minimum absolute atomic E-state index is 0.0121. The first-order valence-corrected chi connectivity index (χ1v) is 11.5. The SMILES string of the molecule is COc1ccc(COc2ccc(C)c(-n3c(N)c(C#N)c4cc(OC(C)C)c(C)nc43)c2C)cc1. The Bertz CT molecular complexity index is 1430. The summed E-state index contributed by atoms with van der Waals surface area (Å²) in [5.74, 6) is 2.52. The predicted molar refractivity (Wildman–Crippen MR) is 137 cm³/mol. The summed E-state index contributed by atoms with van der Waals surface area (Å²) >= 11 is 0. The van der Waals surface area contributed by atoms with Gasteiger partial charge < -0.3 is 19.9 Å². The van der Waals surface area contributed by atoms with Crippen LogP contribution in [-0.2, 0) is 6.61 Å². The Kier molecular flexibility index (Phi) is 6.57. The third kappa shape index (κ3) is 4.47. The van der Waals surface area contributed by atoms with Crippen LogP contribution in [-0.4, -0.2) is 22.8 Å². The average molecular weight is 471 g/mol. The van der Waals surface area contributed by atoms with Crippen LogP contribution in [0.25, 0.3) is 16.7 Å². The summed E-state index contributed by atoms with van der Waals surface area (Å²) in [6.45, 7) is 10.2. The van der Waals surface area contributed by atoms with E-state index in [2.05, 4.69) is 6.07 Å². The zero-order valence-electron chi connectivity index (χ0n) is 21.0. The third-order valence-electron chi connectivity index (χ3n) is 5.96. The van der Waals surface area contributed by atoms with E-state index in [1.165, 1.54) is 0 Å². The number of nitriles is 1. The summed E-state index contributed by atoms with van der Waals surface area (Å²) in [7, 11) is 1.64. The number of fused-ring (bicyclic) bond motifs is 1. The van der Waals surface area contributed by atoms with Gasteiger partial charge in [-0.25, -0.2) is 4.98 Å². The van der Waals surface area contributed by atoms with Crippen molar-refractivity contribution in [2.75, 3.05) is 12.8 Å². The van der Waals surface area contributed by atoms with E-state index in [0.29, 0.717) is 34.8 Å². The lowest BCUT2D eigenvalue weighted by molar-refractivity contribution is 0.240. The molecular weight excluding hydrogens is 440 g/mol. The highest BCUT2D eigenvalue weighted by atomic mass is 16.5. The Labute approximate surface area is 205 Å². The van der Waals surface area contributed by atoms with Crippen molar-refractivity contribution in [2.45, 2.75) is 47.3 Å². The lowest BCUT2D eigenvalue weighted by Gasteiger charge is -2.18. The van der Waals surface area contributed by atoms with Gasteiger partial charge in [0.05, 0.1) is 24.6 Å². The minimum Gasteiger partial charge on any atom is -0.497 e. The lowest BCUT2D eigenvalue weighted by atomic mass is 10.1. The van der Waals surface area contributed by atoms with Gasteiger partial charge in [0.15, 0.2) is 0 Å². The number of pyridine rings is 1. The summed E-state index contributed by atoms with van der Waals surface area (Å²) in [4.78, 5) is 4.81. The van der Waals surface area contributed by atoms with Crippen LogP contribution in [0.5, 0.6) is 17.2 Å². The molecular formula is C28H30N4O3. The van der Waals surface area contributed by atoms with E-state index in [4.69, 9.17) is 24.9 Å². The number of nitrogens with zero attached hydrogens (tertiary/aromatic N) is 3. The summed E-state index contributed by atoms with van der Waals surface area (Å²) in [6, 6.07) is 15.8. The van der Waals surface area contributed by atoms with Crippen molar-refractivity contribution >= 4 is 16.9 Å². The van der Waals surface area contributed by atoms with Crippen LogP contribution in [0.1, 0.15) is 41.8 Å². The van der Waals surface area contributed by atoms with Crippen molar-refractivity contribution in [3.05, 3.63) is 70.4 Å². The van der Waals surface area contributed by atoms with E-state index in [0.717, 1.165) is 39.6 Å². The fourth-order valence-corrected chi connectivity index (χ4v) is 4.21. The molecule has 0 saturated heterocycles. The van der Waals surface area contributed by atoms with Gasteiger partial charge in [0.1, 0.15) is 47.0 Å². The third-order valence-corrected chi connectivity index (χ3v) is 5.96. The molecule has 0 fully saturated rings. The number of aryl methyl sites for hydroxylation is 2. The minimum atomic E-state index is -0.0121. The van der Waals surface area contributed by atoms with Crippen molar-refractivity contribution in [3.63, 3.8) is 0 Å². The normalized spacial score (nSPS) is 11.0. The van der Waals surface area contributed by atoms with Gasteiger partial charge >= 0.3 is 0 Å². The average Bonchev–Trinajstić information content (AvgIpc) is 3.09. The van der Waals surface area contributed by atoms with Crippen LogP contribution >= 0.6 is 0 Å². The first-order valence-electron chi connectivity index (χ1n) is 11.5. The highest BCUT2D eigenvalue weighted by Gasteiger charge is 2.23. The van der Waals surface area contributed by atoms with Crippen LogP contribution in [0.2, 0.25) is 0 Å². The molecule has 0 spiro atoms. The quantitative estimate of drug-likeness (QED) is 0.368. The molecule has 2 aromatic carbocycles. The van der Waals surface area contributed by atoms with Gasteiger partial charge in [-0.05, 0) is 70.0 Å². The molecule has 0 radical (unpaired) electrons. The predicted octanol–water partition coefficient (Wildman–Crippen LogP) is 5.78. The van der Waals surface area contributed by atoms with Crippen LogP contribution in [0.4, 0.5) is 5.82 Å². The number of methoxy groups -OCH3 is 1. The second-order valence-corrected chi connectivity index (χ2v) is 8.81. The Hall–Kier alpha value is -4.18. The Balaban J connectivity index is 1.81. The molecule has 7 nitrogen and oxygen atoms in total. The van der Waals surface area contributed by atoms with Crippen molar-refractivity contribution in [1.82, 2.24) is 9.55 Å². The number of rotatable bonds is 7. The van der Waals surface area contributed by atoms with E-state index in [-0.39, 0.29) is 6.10 Å². The van der Waals surface area contributed by atoms with E-state index in [1.807, 2.05) is 81.7 Å². The van der Waals surface area contributed by atoms with Gasteiger partial charge in [-0.3, -0.25) is 4.57 Å². The fraction of sp³-hybridized carbons (Fsp3) is 0.286. The zero-order chi connectivity index (χ0) is 25.3. The molecule has 4 aromatic rings. The summed E-state index contributed by atoms with van der Waals surface area (Å²) in [6.07, 6.45) is -0.0121. The first kappa shape index (κ1) is 24.0. The Morgan fingerprint density at radius 3 is 2.40 bits per heavy atom. The van der Waals surface area contributed by atoms with Gasteiger partial charge in [0.25, 0.3) is 0 Å². The van der Waals surface area contributed by atoms with Gasteiger partial charge in [0, 0.05) is 10.9 Å². The maximum Gasteiger partial charge on any atom is 0.148 e. The Morgan fingerprint density at radius 2 is 1.77 bits per heavy atom. The summed E-state index contributed by atoms with van der Waals surface area (Å²) in [5.41, 5.74) is 12.1. The van der Waals surface area contributed by atoms with Crippen molar-refractivity contribution in [3.8, 4) is 29.0 Å². The van der Waals surface area contributed by atoms with Crippen LogP contribution < -0.4 is 19.9 Å². The molecule has 2 aromatic heterocycles. The van der Waals surface area contributed by atoms with Gasteiger partial charge in [-0.2, -0.15) is 5.26 Å². The first-order chi connectivity index (χ1) is 16.7. The molecule has 0 aliphatic carbocycles. The number of anilines is 1. The van der Waals surface area contributed by atoms with Gasteiger partial charge in [0.2, 0.25) is 0 Å². The second kappa shape index (κ2) is 9.59. The van der Waals surface area contributed by atoms with Crippen molar-refractivity contribution in [2.24, 2.45) is 0 Å². The van der Waals surface area contributed by atoms with Crippen LogP contribution in [0.3, 0.4) is 0 Å². The van der Waals surface area contributed by atoms with E-state index in [9.17, 15) is 5.26 Å². The second-order valence-electron chi connectivity index (χ2n) is 8.81. The van der Waals surface area contributed by atoms with Crippen LogP contribution in [0, 0.1) is 32.1 Å². The van der Waals surface area contributed by atoms with Gasteiger partial charge in [-0.15, -0.1) is 0 Å². The highest BCUT2D eigenvalue weighted by molar-refractivity contribution is 5.93. The number of nitrogens with two attached hydrogens (primary N) is 1. The number of hydrogen-bond acceptors (Lipinski definition) is 6. The summed E-state index contributed by atoms with van der Waals surface area (Å²) < 4.78 is 19.2. The molecule has 0 bridgehead atoms. The number of benzene rings is 2. The van der Waals surface area contributed by atoms with Gasteiger partial charge in [-0.1, -0.05) is 18.2 Å². The monoisotopic (exact) mass is 470 g/mol. The van der Waals surface area contributed by atoms with E-state index >= 15 is 0 Å². The molecule has 7 heteroatoms. The molecule has 2 heterocycles. The number of hydrogen-bond donors (Lipinski definition) is 1. The number of ether oxygens (including phenoxy) is 3. The maximum atomic E-state index is 9.91. The molecule has 0 saturated carbocycles. The molecule has 0 unspecified atom stereocenters. The van der Waals surface area contributed by atoms with Crippen molar-refractivity contribution in [1.29, 1.82) is 5.26 Å². The molecule has 0 aliphatic heterocycles. The van der Waals surface area contributed by atoms with E-state index < -0.39 is 0 Å². The molecule has 2 N–H and O–H groups in total. The fourth-order valence-electron chi connectivity index (χ4n) is 4.21. The molecule has 4 rings (SSSR count). The smallest absolute Gasteiger partial charge is 0.148 e. The Morgan fingerprint density at radius 1 is 1.06 bits per heavy atom. The maximum absolute atomic E-state index is 9.91. The molecule has 0 aliphatic rings. The van der Waals surface area contributed by atoms with Crippen LogP contribution in [0.15, 0.2) is 42.5 Å². The topological polar surface area (TPSA) is 95.3 Å². The largest absolute Gasteiger partial charge is 0.497 e. The molecule has 35 heavy (non-hydrogen) atoms. The molecule has 0 amide bonds. The number of aromatic nitrogens is 2. The van der Waals surface area contributed by atoms with Crippen molar-refractivity contribution < 1.29 is 14.2 Å². The number of nitrogen functional groups attached to an aromatic ring is 1. The summed E-state index contributed by atoms with van der Waals surface area (Å²) in [5, 5.41) is 10.6. The van der Waals surface area contributed by atoms with E-state index in [1.54, 1.807) is 7.11 Å². The zero-order valence-corrected chi connectivity index (χ0v) is 21.0. The molecule has 180 valence electrons. The standard InChI is InChI=1S/C28H30N4O3/c1-16(2)35-25-13-22-23(14-29)27(30)32(28(22)31-19(25)5)26-17(3)7-12-24(18(26)4)34-15-20-8-10-21(33-6)11-9-20/h7-13,16H,15,30H2,1-6H3. The lowest BCUT2D eigenvalue weighted by Crippen LogP contribution is -2.09. The highest BCUT2D eigenvalue weighted by Crippen LogP contribution is 2.37.